The lowest BCUT2D eigenvalue weighted by Gasteiger charge is -2.29. The first-order valence-electron chi connectivity index (χ1n) is 18.3. The molecule has 252 valence electrons. The molecule has 0 amide bonds. The zero-order chi connectivity index (χ0) is 35.5. The van der Waals surface area contributed by atoms with Gasteiger partial charge in [0.25, 0.3) is 0 Å². The topological polar surface area (TPSA) is 12.5 Å². The third-order valence-corrected chi connectivity index (χ3v) is 11.1. The van der Waals surface area contributed by atoms with Crippen LogP contribution in [-0.4, -0.2) is 0 Å². The van der Waals surface area contributed by atoms with E-state index in [0.29, 0.717) is 0 Å². The Morgan fingerprint density at radius 2 is 0.887 bits per heavy atom. The first-order chi connectivity index (χ1) is 26.0. The Kier molecular flexibility index (Phi) is 7.19. The third-order valence-electron chi connectivity index (χ3n) is 11.1. The Morgan fingerprint density at radius 1 is 0.340 bits per heavy atom. The van der Waals surface area contributed by atoms with E-state index in [9.17, 15) is 0 Å². The van der Waals surface area contributed by atoms with E-state index < -0.39 is 0 Å². The fraction of sp³-hybridized carbons (Fsp3) is 0.0588. The lowest BCUT2D eigenvalue weighted by Crippen LogP contribution is -2.16. The maximum absolute atomic E-state index is 6.91. The van der Waals surface area contributed by atoms with E-state index in [1.807, 2.05) is 0 Å². The van der Waals surface area contributed by atoms with Crippen molar-refractivity contribution in [3.63, 3.8) is 0 Å². The summed E-state index contributed by atoms with van der Waals surface area (Å²) in [6.07, 6.45) is 0. The molecule has 0 bridgehead atoms. The number of hydrogen-bond acceptors (Lipinski definition) is 2. The molecule has 0 atom stereocenters. The summed E-state index contributed by atoms with van der Waals surface area (Å²) in [6.45, 7) is 4.69. The van der Waals surface area contributed by atoms with Gasteiger partial charge in [0.05, 0.1) is 0 Å². The Balaban J connectivity index is 1.16. The number of fused-ring (bicyclic) bond motifs is 8. The van der Waals surface area contributed by atoms with Crippen molar-refractivity contribution in [3.05, 3.63) is 199 Å². The van der Waals surface area contributed by atoms with Crippen molar-refractivity contribution in [2.45, 2.75) is 19.3 Å². The van der Waals surface area contributed by atoms with Crippen LogP contribution < -0.4 is 9.64 Å². The van der Waals surface area contributed by atoms with Crippen LogP contribution in [0.4, 0.5) is 17.1 Å². The Bertz CT molecular complexity index is 2670. The number of para-hydroxylation sites is 1. The molecular formula is C51H37NO. The summed E-state index contributed by atoms with van der Waals surface area (Å²) in [5.74, 6) is 1.68. The van der Waals surface area contributed by atoms with Crippen LogP contribution in [0.3, 0.4) is 0 Å². The fourth-order valence-electron chi connectivity index (χ4n) is 8.40. The highest BCUT2D eigenvalue weighted by atomic mass is 16.5. The van der Waals surface area contributed by atoms with E-state index in [0.717, 1.165) is 45.3 Å². The van der Waals surface area contributed by atoms with Gasteiger partial charge in [-0.15, -0.1) is 0 Å². The van der Waals surface area contributed by atoms with Crippen LogP contribution >= 0.6 is 0 Å². The minimum absolute atomic E-state index is 0.123. The van der Waals surface area contributed by atoms with E-state index in [1.54, 1.807) is 0 Å². The standard InChI is InChI=1S/C51H37NO/c1-51(2)47-22-11-9-20-42(47)43-28-25-39(32-48(43)51)52(38-19-13-18-36(30-38)34-14-5-3-6-15-34)40-26-29-45-41-27-24-37(35-16-7-4-8-17-35)31-46(41)44-21-10-12-23-49(44)53-50(45)33-40/h3-33H,1-2H3. The molecule has 8 aromatic carbocycles. The summed E-state index contributed by atoms with van der Waals surface area (Å²) >= 11 is 0. The summed E-state index contributed by atoms with van der Waals surface area (Å²) < 4.78 is 6.91. The van der Waals surface area contributed by atoms with E-state index >= 15 is 0 Å². The van der Waals surface area contributed by atoms with Gasteiger partial charge >= 0.3 is 0 Å². The van der Waals surface area contributed by atoms with Crippen molar-refractivity contribution in [3.8, 4) is 67.1 Å². The molecule has 2 heteroatoms. The zero-order valence-electron chi connectivity index (χ0n) is 29.8. The van der Waals surface area contributed by atoms with Crippen LogP contribution in [-0.2, 0) is 5.41 Å². The molecule has 0 unspecified atom stereocenters. The van der Waals surface area contributed by atoms with Crippen molar-refractivity contribution in [1.82, 2.24) is 0 Å². The van der Waals surface area contributed by atoms with Crippen molar-refractivity contribution in [1.29, 1.82) is 0 Å². The van der Waals surface area contributed by atoms with Crippen LogP contribution in [0.1, 0.15) is 25.0 Å². The van der Waals surface area contributed by atoms with E-state index in [4.69, 9.17) is 4.74 Å². The van der Waals surface area contributed by atoms with Gasteiger partial charge < -0.3 is 9.64 Å². The van der Waals surface area contributed by atoms with E-state index in [-0.39, 0.29) is 5.41 Å². The fourth-order valence-corrected chi connectivity index (χ4v) is 8.40. The molecule has 10 rings (SSSR count). The molecule has 0 spiro atoms. The van der Waals surface area contributed by atoms with Gasteiger partial charge in [-0.1, -0.05) is 147 Å². The maximum Gasteiger partial charge on any atom is 0.137 e. The quantitative estimate of drug-likeness (QED) is 0.180. The third kappa shape index (κ3) is 5.18. The highest BCUT2D eigenvalue weighted by molar-refractivity contribution is 5.94. The van der Waals surface area contributed by atoms with Crippen LogP contribution in [0.25, 0.3) is 55.6 Å². The van der Waals surface area contributed by atoms with Gasteiger partial charge in [-0.25, -0.2) is 0 Å². The summed E-state index contributed by atoms with van der Waals surface area (Å²) in [5.41, 5.74) is 17.7. The van der Waals surface area contributed by atoms with Crippen molar-refractivity contribution in [2.75, 3.05) is 4.90 Å². The normalized spacial score (nSPS) is 13.0. The number of anilines is 3. The van der Waals surface area contributed by atoms with Gasteiger partial charge in [-0.2, -0.15) is 0 Å². The average molecular weight is 680 g/mol. The van der Waals surface area contributed by atoms with E-state index in [2.05, 4.69) is 207 Å². The van der Waals surface area contributed by atoms with Gasteiger partial charge in [0.2, 0.25) is 0 Å². The second-order valence-electron chi connectivity index (χ2n) is 14.6. The lowest BCUT2D eigenvalue weighted by molar-refractivity contribution is 0.488. The molecule has 0 fully saturated rings. The van der Waals surface area contributed by atoms with Crippen LogP contribution in [0.2, 0.25) is 0 Å². The minimum Gasteiger partial charge on any atom is -0.456 e. The minimum atomic E-state index is -0.123. The number of nitrogens with zero attached hydrogens (tertiary/aromatic N) is 1. The summed E-state index contributed by atoms with van der Waals surface area (Å²) in [5, 5.41) is 0. The largest absolute Gasteiger partial charge is 0.456 e. The second-order valence-corrected chi connectivity index (χ2v) is 14.6. The Labute approximate surface area is 311 Å². The summed E-state index contributed by atoms with van der Waals surface area (Å²) in [6, 6.07) is 67.8. The van der Waals surface area contributed by atoms with Gasteiger partial charge in [0.15, 0.2) is 0 Å². The molecule has 1 aliphatic heterocycles. The SMILES string of the molecule is CC1(C)c2ccccc2-c2ccc(N(c3cccc(-c4ccccc4)c3)c3ccc4c(c3)Oc3ccccc3-c3cc(-c5ccccc5)ccc3-4)cc21. The molecule has 53 heavy (non-hydrogen) atoms. The summed E-state index contributed by atoms with van der Waals surface area (Å²) in [4.78, 5) is 2.38. The molecule has 8 aromatic rings. The smallest absolute Gasteiger partial charge is 0.137 e. The van der Waals surface area contributed by atoms with Crippen LogP contribution in [0, 0.1) is 0 Å². The highest BCUT2D eigenvalue weighted by Crippen LogP contribution is 2.52. The number of ether oxygens (including phenoxy) is 1. The number of hydrogen-bond donors (Lipinski definition) is 0. The molecule has 2 nitrogen and oxygen atoms in total. The molecule has 2 aliphatic rings. The highest BCUT2D eigenvalue weighted by Gasteiger charge is 2.36. The molecule has 1 heterocycles. The predicted octanol–water partition coefficient (Wildman–Crippen LogP) is 14.2. The maximum atomic E-state index is 6.91. The lowest BCUT2D eigenvalue weighted by atomic mass is 9.82. The van der Waals surface area contributed by atoms with Gasteiger partial charge in [-0.05, 0) is 104 Å². The van der Waals surface area contributed by atoms with Crippen LogP contribution in [0.15, 0.2) is 188 Å². The van der Waals surface area contributed by atoms with Crippen molar-refractivity contribution >= 4 is 17.1 Å². The molecular weight excluding hydrogens is 643 g/mol. The molecule has 0 radical (unpaired) electrons. The number of rotatable bonds is 5. The van der Waals surface area contributed by atoms with Gasteiger partial charge in [-0.3, -0.25) is 0 Å². The Hall–Kier alpha value is -6.64. The first kappa shape index (κ1) is 31.1. The summed E-state index contributed by atoms with van der Waals surface area (Å²) in [7, 11) is 0. The molecule has 1 aliphatic carbocycles. The molecule has 0 N–H and O–H groups in total. The monoisotopic (exact) mass is 679 g/mol. The molecule has 0 saturated heterocycles. The van der Waals surface area contributed by atoms with Crippen molar-refractivity contribution in [2.24, 2.45) is 0 Å². The zero-order valence-corrected chi connectivity index (χ0v) is 29.8. The van der Waals surface area contributed by atoms with Crippen molar-refractivity contribution < 1.29 is 4.74 Å². The second kappa shape index (κ2) is 12.3. The Morgan fingerprint density at radius 3 is 1.66 bits per heavy atom. The molecule has 0 saturated carbocycles. The number of benzene rings is 8. The van der Waals surface area contributed by atoms with Gasteiger partial charge in [0.1, 0.15) is 11.5 Å². The van der Waals surface area contributed by atoms with Gasteiger partial charge in [0, 0.05) is 39.7 Å². The first-order valence-corrected chi connectivity index (χ1v) is 18.3. The predicted molar refractivity (Wildman–Crippen MR) is 221 cm³/mol. The molecule has 0 aromatic heterocycles. The van der Waals surface area contributed by atoms with Crippen LogP contribution in [0.5, 0.6) is 11.5 Å². The average Bonchev–Trinajstić information content (AvgIpc) is 3.34. The van der Waals surface area contributed by atoms with E-state index in [1.165, 1.54) is 50.1 Å².